The Labute approximate surface area is 143 Å². The second-order valence-electron chi connectivity index (χ2n) is 5.45. The maximum atomic E-state index is 12.1. The standard InChI is InChI=1S/C19H14N2O4/c22-18(11-14-7-3-6-13-5-1-2-8-15(13)14)24-12-17-20-21-19(25-17)16-9-4-10-23-16/h1-10H,11-12H2. The van der Waals surface area contributed by atoms with Crippen LogP contribution in [0.25, 0.3) is 22.4 Å². The van der Waals surface area contributed by atoms with Gasteiger partial charge < -0.3 is 13.6 Å². The van der Waals surface area contributed by atoms with Gasteiger partial charge in [0.05, 0.1) is 12.7 Å². The number of esters is 1. The highest BCUT2D eigenvalue weighted by Gasteiger charge is 2.13. The first-order valence-electron chi connectivity index (χ1n) is 7.78. The average molecular weight is 334 g/mol. The van der Waals surface area contributed by atoms with E-state index in [1.165, 1.54) is 6.26 Å². The highest BCUT2D eigenvalue weighted by atomic mass is 16.5. The lowest BCUT2D eigenvalue weighted by Crippen LogP contribution is -2.08. The molecular weight excluding hydrogens is 320 g/mol. The Morgan fingerprint density at radius 1 is 1.00 bits per heavy atom. The van der Waals surface area contributed by atoms with Gasteiger partial charge in [-0.3, -0.25) is 4.79 Å². The van der Waals surface area contributed by atoms with Crippen LogP contribution >= 0.6 is 0 Å². The number of rotatable bonds is 5. The van der Waals surface area contributed by atoms with Crippen LogP contribution in [0.2, 0.25) is 0 Å². The lowest BCUT2D eigenvalue weighted by Gasteiger charge is -2.06. The minimum Gasteiger partial charge on any atom is -0.459 e. The zero-order valence-corrected chi connectivity index (χ0v) is 13.2. The van der Waals surface area contributed by atoms with Crippen LogP contribution < -0.4 is 0 Å². The van der Waals surface area contributed by atoms with E-state index >= 15 is 0 Å². The molecule has 0 unspecified atom stereocenters. The number of nitrogens with zero attached hydrogens (tertiary/aromatic N) is 2. The van der Waals surface area contributed by atoms with Gasteiger partial charge in [0.25, 0.3) is 11.8 Å². The van der Waals surface area contributed by atoms with Gasteiger partial charge >= 0.3 is 5.97 Å². The summed E-state index contributed by atoms with van der Waals surface area (Å²) >= 11 is 0. The molecule has 0 amide bonds. The summed E-state index contributed by atoms with van der Waals surface area (Å²) in [4.78, 5) is 12.1. The smallest absolute Gasteiger partial charge is 0.310 e. The molecule has 0 aliphatic rings. The van der Waals surface area contributed by atoms with Gasteiger partial charge in [-0.25, -0.2) is 0 Å². The van der Waals surface area contributed by atoms with E-state index in [0.29, 0.717) is 5.76 Å². The summed E-state index contributed by atoms with van der Waals surface area (Å²) in [5, 5.41) is 9.84. The first-order chi connectivity index (χ1) is 12.3. The maximum absolute atomic E-state index is 12.1. The minimum absolute atomic E-state index is 0.0721. The summed E-state index contributed by atoms with van der Waals surface area (Å²) in [7, 11) is 0. The van der Waals surface area contributed by atoms with Gasteiger partial charge in [-0.2, -0.15) is 0 Å². The SMILES string of the molecule is O=C(Cc1cccc2ccccc12)OCc1nnc(-c2ccco2)o1. The normalized spacial score (nSPS) is 10.9. The van der Waals surface area contributed by atoms with E-state index in [-0.39, 0.29) is 30.8 Å². The molecule has 0 saturated carbocycles. The number of benzene rings is 2. The molecule has 0 atom stereocenters. The highest BCUT2D eigenvalue weighted by Crippen LogP contribution is 2.20. The van der Waals surface area contributed by atoms with Gasteiger partial charge in [-0.05, 0) is 28.5 Å². The third-order valence-corrected chi connectivity index (χ3v) is 3.77. The maximum Gasteiger partial charge on any atom is 0.310 e. The summed E-state index contributed by atoms with van der Waals surface area (Å²) < 4.78 is 15.8. The fourth-order valence-corrected chi connectivity index (χ4v) is 2.61. The first kappa shape index (κ1) is 15.1. The molecule has 0 aliphatic carbocycles. The summed E-state index contributed by atoms with van der Waals surface area (Å²) in [6.07, 6.45) is 1.70. The van der Waals surface area contributed by atoms with Gasteiger partial charge in [0, 0.05) is 0 Å². The number of aromatic nitrogens is 2. The molecule has 0 spiro atoms. The Kier molecular flexibility index (Phi) is 4.00. The van der Waals surface area contributed by atoms with E-state index in [2.05, 4.69) is 10.2 Å². The molecule has 6 nitrogen and oxygen atoms in total. The van der Waals surface area contributed by atoms with Crippen LogP contribution in [0.1, 0.15) is 11.5 Å². The van der Waals surface area contributed by atoms with Crippen LogP contribution in [0.3, 0.4) is 0 Å². The van der Waals surface area contributed by atoms with Crippen LogP contribution in [0, 0.1) is 0 Å². The second kappa shape index (κ2) is 6.60. The van der Waals surface area contributed by atoms with E-state index < -0.39 is 0 Å². The predicted octanol–water partition coefficient (Wildman–Crippen LogP) is 3.77. The Morgan fingerprint density at radius 2 is 1.88 bits per heavy atom. The molecule has 124 valence electrons. The largest absolute Gasteiger partial charge is 0.459 e. The topological polar surface area (TPSA) is 78.4 Å². The van der Waals surface area contributed by atoms with Crippen molar-refractivity contribution < 1.29 is 18.4 Å². The van der Waals surface area contributed by atoms with E-state index in [1.807, 2.05) is 42.5 Å². The van der Waals surface area contributed by atoms with Crippen molar-refractivity contribution in [3.63, 3.8) is 0 Å². The predicted molar refractivity (Wildman–Crippen MR) is 89.4 cm³/mol. The van der Waals surface area contributed by atoms with Gasteiger partial charge in [0.1, 0.15) is 0 Å². The van der Waals surface area contributed by atoms with Crippen LogP contribution in [0.5, 0.6) is 0 Å². The number of hydrogen-bond acceptors (Lipinski definition) is 6. The molecule has 4 rings (SSSR count). The molecule has 0 saturated heterocycles. The number of carbonyl (C=O) groups is 1. The Hall–Kier alpha value is -3.41. The minimum atomic E-state index is -0.353. The molecule has 0 radical (unpaired) electrons. The lowest BCUT2D eigenvalue weighted by atomic mass is 10.0. The first-order valence-corrected chi connectivity index (χ1v) is 7.78. The van der Waals surface area contributed by atoms with Crippen molar-refractivity contribution in [2.45, 2.75) is 13.0 Å². The van der Waals surface area contributed by atoms with Gasteiger partial charge in [0.15, 0.2) is 12.4 Å². The van der Waals surface area contributed by atoms with E-state index in [4.69, 9.17) is 13.6 Å². The second-order valence-corrected chi connectivity index (χ2v) is 5.45. The molecular formula is C19H14N2O4. The van der Waals surface area contributed by atoms with Gasteiger partial charge in [-0.1, -0.05) is 42.5 Å². The number of furan rings is 1. The van der Waals surface area contributed by atoms with Crippen molar-refractivity contribution >= 4 is 16.7 Å². The number of carbonyl (C=O) groups excluding carboxylic acids is 1. The van der Waals surface area contributed by atoms with Crippen molar-refractivity contribution in [1.82, 2.24) is 10.2 Å². The number of hydrogen-bond donors (Lipinski definition) is 0. The molecule has 4 aromatic rings. The lowest BCUT2D eigenvalue weighted by molar-refractivity contribution is -0.144. The summed E-state index contributed by atoms with van der Waals surface area (Å²) in [5.41, 5.74) is 0.921. The van der Waals surface area contributed by atoms with E-state index in [0.717, 1.165) is 16.3 Å². The van der Waals surface area contributed by atoms with Gasteiger partial charge in [0.2, 0.25) is 0 Å². The fourth-order valence-electron chi connectivity index (χ4n) is 2.61. The Bertz CT molecular complexity index is 1000. The monoisotopic (exact) mass is 334 g/mol. The third kappa shape index (κ3) is 3.28. The molecule has 2 heterocycles. The molecule has 0 N–H and O–H groups in total. The molecule has 2 aromatic carbocycles. The zero-order chi connectivity index (χ0) is 17.1. The molecule has 2 aromatic heterocycles. The molecule has 6 heteroatoms. The highest BCUT2D eigenvalue weighted by molar-refractivity contribution is 5.88. The number of ether oxygens (including phenoxy) is 1. The number of fused-ring (bicyclic) bond motifs is 1. The molecule has 0 bridgehead atoms. The van der Waals surface area contributed by atoms with Crippen molar-refractivity contribution in [3.05, 3.63) is 72.3 Å². The Morgan fingerprint density at radius 3 is 2.76 bits per heavy atom. The molecule has 25 heavy (non-hydrogen) atoms. The summed E-state index contributed by atoms with van der Waals surface area (Å²) in [6.45, 7) is -0.0721. The summed E-state index contributed by atoms with van der Waals surface area (Å²) in [6, 6.07) is 17.2. The quantitative estimate of drug-likeness (QED) is 0.517. The van der Waals surface area contributed by atoms with Crippen molar-refractivity contribution in [2.24, 2.45) is 0 Å². The van der Waals surface area contributed by atoms with Crippen molar-refractivity contribution in [2.75, 3.05) is 0 Å². The van der Waals surface area contributed by atoms with Crippen LogP contribution in [-0.4, -0.2) is 16.2 Å². The third-order valence-electron chi connectivity index (χ3n) is 3.77. The molecule has 0 aliphatic heterocycles. The van der Waals surface area contributed by atoms with Gasteiger partial charge in [-0.15, -0.1) is 10.2 Å². The summed E-state index contributed by atoms with van der Waals surface area (Å²) in [5.74, 6) is 0.595. The van der Waals surface area contributed by atoms with Crippen LogP contribution in [-0.2, 0) is 22.6 Å². The average Bonchev–Trinajstić information content (AvgIpc) is 3.32. The molecule has 0 fully saturated rings. The Balaban J connectivity index is 1.41. The van der Waals surface area contributed by atoms with Crippen molar-refractivity contribution in [1.29, 1.82) is 0 Å². The fraction of sp³-hybridized carbons (Fsp3) is 0.105. The van der Waals surface area contributed by atoms with Crippen molar-refractivity contribution in [3.8, 4) is 11.7 Å². The van der Waals surface area contributed by atoms with Crippen LogP contribution in [0.15, 0.2) is 69.7 Å². The van der Waals surface area contributed by atoms with Crippen LogP contribution in [0.4, 0.5) is 0 Å². The van der Waals surface area contributed by atoms with E-state index in [1.54, 1.807) is 12.1 Å². The van der Waals surface area contributed by atoms with E-state index in [9.17, 15) is 4.79 Å². The zero-order valence-electron chi connectivity index (χ0n) is 13.2.